The second-order valence-electron chi connectivity index (χ2n) is 5.16. The van der Waals surface area contributed by atoms with Gasteiger partial charge in [0, 0.05) is 10.4 Å². The molecule has 1 saturated carbocycles. The minimum atomic E-state index is -0.427. The van der Waals surface area contributed by atoms with Gasteiger partial charge in [-0.25, -0.2) is 9.37 Å². The van der Waals surface area contributed by atoms with E-state index in [9.17, 15) is 9.50 Å². The Labute approximate surface area is 126 Å². The summed E-state index contributed by atoms with van der Waals surface area (Å²) in [6, 6.07) is 4.61. The number of thiazole rings is 1. The number of hydrogen-bond donors (Lipinski definition) is 1. The molecule has 0 amide bonds. The largest absolute Gasteiger partial charge is 0.390 e. The minimum Gasteiger partial charge on any atom is -0.390 e. The number of rotatable bonds is 5. The molecule has 0 aliphatic heterocycles. The van der Waals surface area contributed by atoms with Crippen LogP contribution in [0.1, 0.15) is 29.8 Å². The Bertz CT molecular complexity index is 624. The average Bonchev–Trinajstić information content (AvgIpc) is 3.18. The van der Waals surface area contributed by atoms with Crippen molar-refractivity contribution in [3.63, 3.8) is 0 Å². The SMILES string of the molecule is OCc1nc(-c2ccc(F)c(Cl)c2)sc1CCC1CC1. The van der Waals surface area contributed by atoms with Crippen LogP contribution in [0.4, 0.5) is 4.39 Å². The van der Waals surface area contributed by atoms with Crippen molar-refractivity contribution in [2.45, 2.75) is 32.3 Å². The van der Waals surface area contributed by atoms with Gasteiger partial charge >= 0.3 is 0 Å². The van der Waals surface area contributed by atoms with Crippen LogP contribution >= 0.6 is 22.9 Å². The van der Waals surface area contributed by atoms with E-state index in [0.29, 0.717) is 0 Å². The van der Waals surface area contributed by atoms with E-state index in [1.165, 1.54) is 25.3 Å². The highest BCUT2D eigenvalue weighted by molar-refractivity contribution is 7.15. The number of halogens is 2. The quantitative estimate of drug-likeness (QED) is 0.885. The van der Waals surface area contributed by atoms with Gasteiger partial charge < -0.3 is 5.11 Å². The van der Waals surface area contributed by atoms with Crippen molar-refractivity contribution in [3.8, 4) is 10.6 Å². The fourth-order valence-corrected chi connectivity index (χ4v) is 3.46. The Hall–Kier alpha value is -0.970. The maximum absolute atomic E-state index is 13.2. The maximum atomic E-state index is 13.2. The van der Waals surface area contributed by atoms with Crippen LogP contribution in [0.2, 0.25) is 5.02 Å². The Morgan fingerprint density at radius 2 is 2.20 bits per heavy atom. The molecule has 0 atom stereocenters. The summed E-state index contributed by atoms with van der Waals surface area (Å²) in [4.78, 5) is 5.59. The third-order valence-electron chi connectivity index (χ3n) is 3.57. The van der Waals surface area contributed by atoms with Crippen LogP contribution in [0, 0.1) is 11.7 Å². The number of hydrogen-bond acceptors (Lipinski definition) is 3. The molecule has 1 N–H and O–H groups in total. The van der Waals surface area contributed by atoms with Gasteiger partial charge in [0.25, 0.3) is 0 Å². The average molecular weight is 312 g/mol. The molecule has 0 unspecified atom stereocenters. The normalized spacial score (nSPS) is 14.8. The second-order valence-corrected chi connectivity index (χ2v) is 6.65. The zero-order valence-electron chi connectivity index (χ0n) is 10.9. The van der Waals surface area contributed by atoms with Gasteiger partial charge in [0.1, 0.15) is 10.8 Å². The van der Waals surface area contributed by atoms with Crippen molar-refractivity contribution in [2.75, 3.05) is 0 Å². The van der Waals surface area contributed by atoms with Gasteiger partial charge in [-0.05, 0) is 37.0 Å². The minimum absolute atomic E-state index is 0.0502. The zero-order chi connectivity index (χ0) is 14.1. The molecule has 5 heteroatoms. The summed E-state index contributed by atoms with van der Waals surface area (Å²) >= 11 is 7.38. The predicted octanol–water partition coefficient (Wildman–Crippen LogP) is 4.44. The van der Waals surface area contributed by atoms with Gasteiger partial charge in [0.05, 0.1) is 17.3 Å². The predicted molar refractivity (Wildman–Crippen MR) is 79.5 cm³/mol. The Morgan fingerprint density at radius 3 is 2.85 bits per heavy atom. The van der Waals surface area contributed by atoms with Crippen molar-refractivity contribution in [1.29, 1.82) is 0 Å². The van der Waals surface area contributed by atoms with Crippen molar-refractivity contribution < 1.29 is 9.50 Å². The standard InChI is InChI=1S/C15H15ClFNOS/c16-11-7-10(4-5-12(11)17)15-18-13(8-19)14(20-15)6-3-9-1-2-9/h4-5,7,9,19H,1-3,6,8H2. The molecule has 2 nitrogen and oxygen atoms in total. The lowest BCUT2D eigenvalue weighted by molar-refractivity contribution is 0.276. The first-order chi connectivity index (χ1) is 9.67. The molecule has 106 valence electrons. The fourth-order valence-electron chi connectivity index (χ4n) is 2.20. The molecular formula is C15H15ClFNOS. The summed E-state index contributed by atoms with van der Waals surface area (Å²) in [5, 5.41) is 10.3. The van der Waals surface area contributed by atoms with Crippen LogP contribution in [0.5, 0.6) is 0 Å². The highest BCUT2D eigenvalue weighted by atomic mass is 35.5. The molecule has 1 aromatic carbocycles. The number of aromatic nitrogens is 1. The van der Waals surface area contributed by atoms with Gasteiger partial charge in [-0.15, -0.1) is 11.3 Å². The number of nitrogens with zero attached hydrogens (tertiary/aromatic N) is 1. The van der Waals surface area contributed by atoms with E-state index < -0.39 is 5.82 Å². The molecule has 2 aromatic rings. The van der Waals surface area contributed by atoms with E-state index in [0.717, 1.165) is 33.5 Å². The van der Waals surface area contributed by atoms with Crippen LogP contribution in [0.25, 0.3) is 10.6 Å². The van der Waals surface area contributed by atoms with Crippen molar-refractivity contribution in [2.24, 2.45) is 5.92 Å². The van der Waals surface area contributed by atoms with E-state index >= 15 is 0 Å². The molecule has 1 aliphatic rings. The summed E-state index contributed by atoms with van der Waals surface area (Å²) in [6.07, 6.45) is 4.79. The zero-order valence-corrected chi connectivity index (χ0v) is 12.5. The van der Waals surface area contributed by atoms with E-state index in [1.807, 2.05) is 0 Å². The smallest absolute Gasteiger partial charge is 0.141 e. The summed E-state index contributed by atoms with van der Waals surface area (Å²) in [5.41, 5.74) is 1.54. The van der Waals surface area contributed by atoms with Crippen LogP contribution in [-0.4, -0.2) is 10.1 Å². The van der Waals surface area contributed by atoms with Crippen LogP contribution < -0.4 is 0 Å². The Balaban J connectivity index is 1.86. The van der Waals surface area contributed by atoms with E-state index in [1.54, 1.807) is 23.5 Å². The number of benzene rings is 1. The lowest BCUT2D eigenvalue weighted by Crippen LogP contribution is -1.91. The molecule has 0 bridgehead atoms. The molecule has 1 aromatic heterocycles. The maximum Gasteiger partial charge on any atom is 0.141 e. The van der Waals surface area contributed by atoms with E-state index in [2.05, 4.69) is 4.98 Å². The van der Waals surface area contributed by atoms with Gasteiger partial charge in [0.15, 0.2) is 0 Å². The lowest BCUT2D eigenvalue weighted by atomic mass is 10.2. The summed E-state index contributed by atoms with van der Waals surface area (Å²) < 4.78 is 13.2. The van der Waals surface area contributed by atoms with Gasteiger partial charge in [0.2, 0.25) is 0 Å². The first-order valence-electron chi connectivity index (χ1n) is 6.72. The van der Waals surface area contributed by atoms with Crippen molar-refractivity contribution in [3.05, 3.63) is 39.6 Å². The molecule has 3 rings (SSSR count). The highest BCUT2D eigenvalue weighted by Gasteiger charge is 2.22. The number of aliphatic hydroxyl groups is 1. The van der Waals surface area contributed by atoms with Crippen LogP contribution in [0.15, 0.2) is 18.2 Å². The summed E-state index contributed by atoms with van der Waals surface area (Å²) in [5.74, 6) is 0.427. The second kappa shape index (κ2) is 5.80. The fraction of sp³-hybridized carbons (Fsp3) is 0.400. The third kappa shape index (κ3) is 3.03. The molecular weight excluding hydrogens is 297 g/mol. The first kappa shape index (κ1) is 14.0. The van der Waals surface area contributed by atoms with E-state index in [4.69, 9.17) is 11.6 Å². The Morgan fingerprint density at radius 1 is 1.40 bits per heavy atom. The number of aryl methyl sites for hydroxylation is 1. The summed E-state index contributed by atoms with van der Waals surface area (Å²) in [6.45, 7) is -0.0502. The number of aliphatic hydroxyl groups excluding tert-OH is 1. The third-order valence-corrected chi connectivity index (χ3v) is 5.07. The van der Waals surface area contributed by atoms with Gasteiger partial charge in [-0.1, -0.05) is 24.4 Å². The van der Waals surface area contributed by atoms with Crippen molar-refractivity contribution >= 4 is 22.9 Å². The molecule has 1 heterocycles. The van der Waals surface area contributed by atoms with Gasteiger partial charge in [-0.2, -0.15) is 0 Å². The molecule has 1 aliphatic carbocycles. The topological polar surface area (TPSA) is 33.1 Å². The highest BCUT2D eigenvalue weighted by Crippen LogP contribution is 2.36. The molecule has 0 saturated heterocycles. The Kier molecular flexibility index (Phi) is 4.06. The van der Waals surface area contributed by atoms with Gasteiger partial charge in [-0.3, -0.25) is 0 Å². The summed E-state index contributed by atoms with van der Waals surface area (Å²) in [7, 11) is 0. The molecule has 1 fully saturated rings. The first-order valence-corrected chi connectivity index (χ1v) is 7.91. The lowest BCUT2D eigenvalue weighted by Gasteiger charge is -1.98. The van der Waals surface area contributed by atoms with Crippen molar-refractivity contribution in [1.82, 2.24) is 4.98 Å². The molecule has 20 heavy (non-hydrogen) atoms. The van der Waals surface area contributed by atoms with Crippen LogP contribution in [0.3, 0.4) is 0 Å². The molecule has 0 radical (unpaired) electrons. The van der Waals surface area contributed by atoms with E-state index in [-0.39, 0.29) is 11.6 Å². The monoisotopic (exact) mass is 311 g/mol. The van der Waals surface area contributed by atoms with Crippen LogP contribution in [-0.2, 0) is 13.0 Å². The molecule has 0 spiro atoms.